The standard InChI is InChI=1S/C19H12N/c1-2-6-14(7-3-1)15-10-11-18-17-9-5-4-8-16(17)13-20-19(18)12-15/h1-2,4-13H. The molecule has 1 heteroatoms. The van der Waals surface area contributed by atoms with E-state index in [0.717, 1.165) is 5.52 Å². The van der Waals surface area contributed by atoms with Gasteiger partial charge in [-0.25, -0.2) is 0 Å². The van der Waals surface area contributed by atoms with Crippen LogP contribution in [0, 0.1) is 6.07 Å². The molecule has 0 unspecified atom stereocenters. The van der Waals surface area contributed by atoms with E-state index in [1.54, 1.807) is 0 Å². The van der Waals surface area contributed by atoms with Crippen molar-refractivity contribution in [1.29, 1.82) is 0 Å². The SMILES string of the molecule is [c]1cccc(-c2ccc3c(c2)ncc2ccccc23)c1. The first kappa shape index (κ1) is 11.2. The van der Waals surface area contributed by atoms with Crippen molar-refractivity contribution in [2.75, 3.05) is 0 Å². The highest BCUT2D eigenvalue weighted by Crippen LogP contribution is 2.27. The summed E-state index contributed by atoms with van der Waals surface area (Å²) in [5, 5.41) is 3.64. The third kappa shape index (κ3) is 1.76. The molecule has 93 valence electrons. The lowest BCUT2D eigenvalue weighted by atomic mass is 10.0. The van der Waals surface area contributed by atoms with Crippen LogP contribution in [0.2, 0.25) is 0 Å². The Morgan fingerprint density at radius 3 is 2.65 bits per heavy atom. The summed E-state index contributed by atoms with van der Waals surface area (Å²) in [5.41, 5.74) is 3.38. The summed E-state index contributed by atoms with van der Waals surface area (Å²) in [5.74, 6) is 0. The van der Waals surface area contributed by atoms with E-state index in [1.807, 2.05) is 30.5 Å². The molecule has 0 spiro atoms. The van der Waals surface area contributed by atoms with Gasteiger partial charge in [-0.15, -0.1) is 0 Å². The van der Waals surface area contributed by atoms with Crippen molar-refractivity contribution in [1.82, 2.24) is 4.98 Å². The Morgan fingerprint density at radius 2 is 1.75 bits per heavy atom. The summed E-state index contributed by atoms with van der Waals surface area (Å²) in [6, 6.07) is 26.0. The number of aromatic nitrogens is 1. The first-order valence-electron chi connectivity index (χ1n) is 6.66. The number of rotatable bonds is 1. The molecule has 0 aliphatic heterocycles. The third-order valence-electron chi connectivity index (χ3n) is 3.63. The van der Waals surface area contributed by atoms with E-state index in [4.69, 9.17) is 0 Å². The summed E-state index contributed by atoms with van der Waals surface area (Å²) in [4.78, 5) is 4.59. The molecule has 1 radical (unpaired) electrons. The molecule has 1 aromatic heterocycles. The van der Waals surface area contributed by atoms with Crippen LogP contribution in [0.5, 0.6) is 0 Å². The van der Waals surface area contributed by atoms with Crippen molar-refractivity contribution in [2.24, 2.45) is 0 Å². The van der Waals surface area contributed by atoms with Crippen LogP contribution in [0.25, 0.3) is 32.8 Å². The molecule has 0 amide bonds. The molecular formula is C19H12N. The highest BCUT2D eigenvalue weighted by atomic mass is 14.6. The fourth-order valence-corrected chi connectivity index (χ4v) is 2.61. The predicted molar refractivity (Wildman–Crippen MR) is 83.5 cm³/mol. The second-order valence-corrected chi connectivity index (χ2v) is 4.87. The number of benzene rings is 3. The van der Waals surface area contributed by atoms with Gasteiger partial charge >= 0.3 is 0 Å². The average Bonchev–Trinajstić information content (AvgIpc) is 2.55. The van der Waals surface area contributed by atoms with Gasteiger partial charge in [-0.1, -0.05) is 54.6 Å². The second-order valence-electron chi connectivity index (χ2n) is 4.87. The van der Waals surface area contributed by atoms with Crippen LogP contribution in [0.15, 0.2) is 72.9 Å². The van der Waals surface area contributed by atoms with Gasteiger partial charge in [0.25, 0.3) is 0 Å². The van der Waals surface area contributed by atoms with E-state index in [-0.39, 0.29) is 0 Å². The molecule has 0 aliphatic rings. The predicted octanol–water partition coefficient (Wildman–Crippen LogP) is 4.86. The van der Waals surface area contributed by atoms with Crippen LogP contribution in [0.3, 0.4) is 0 Å². The van der Waals surface area contributed by atoms with Gasteiger partial charge in [-0.05, 0) is 34.7 Å². The fraction of sp³-hybridized carbons (Fsp3) is 0. The monoisotopic (exact) mass is 254 g/mol. The summed E-state index contributed by atoms with van der Waals surface area (Å²) >= 11 is 0. The Hall–Kier alpha value is -2.67. The molecule has 1 heterocycles. The highest BCUT2D eigenvalue weighted by Gasteiger charge is 2.03. The number of nitrogens with zero attached hydrogens (tertiary/aromatic N) is 1. The molecular weight excluding hydrogens is 242 g/mol. The van der Waals surface area contributed by atoms with Gasteiger partial charge in [-0.2, -0.15) is 0 Å². The van der Waals surface area contributed by atoms with Gasteiger partial charge in [0, 0.05) is 17.0 Å². The summed E-state index contributed by atoms with van der Waals surface area (Å²) in [6.45, 7) is 0. The summed E-state index contributed by atoms with van der Waals surface area (Å²) in [6.07, 6.45) is 1.94. The van der Waals surface area contributed by atoms with Crippen molar-refractivity contribution in [3.8, 4) is 11.1 Å². The van der Waals surface area contributed by atoms with Crippen molar-refractivity contribution in [2.45, 2.75) is 0 Å². The molecule has 1 nitrogen and oxygen atoms in total. The number of pyridine rings is 1. The zero-order chi connectivity index (χ0) is 13.4. The summed E-state index contributed by atoms with van der Waals surface area (Å²) in [7, 11) is 0. The molecule has 3 aromatic carbocycles. The van der Waals surface area contributed by atoms with Crippen LogP contribution in [-0.2, 0) is 0 Å². The quantitative estimate of drug-likeness (QED) is 0.442. The number of fused-ring (bicyclic) bond motifs is 3. The minimum absolute atomic E-state index is 1.03. The molecule has 0 saturated carbocycles. The average molecular weight is 254 g/mol. The van der Waals surface area contributed by atoms with E-state index in [0.29, 0.717) is 0 Å². The van der Waals surface area contributed by atoms with Gasteiger partial charge in [0.05, 0.1) is 5.52 Å². The number of hydrogen-bond donors (Lipinski definition) is 0. The fourth-order valence-electron chi connectivity index (χ4n) is 2.61. The van der Waals surface area contributed by atoms with Crippen molar-refractivity contribution in [3.05, 3.63) is 79.0 Å². The molecule has 0 fully saturated rings. The van der Waals surface area contributed by atoms with E-state index in [2.05, 4.69) is 53.5 Å². The van der Waals surface area contributed by atoms with Gasteiger partial charge in [0.1, 0.15) is 0 Å². The Bertz CT molecular complexity index is 895. The van der Waals surface area contributed by atoms with Crippen molar-refractivity contribution < 1.29 is 0 Å². The van der Waals surface area contributed by atoms with Gasteiger partial charge in [-0.3, -0.25) is 4.98 Å². The highest BCUT2D eigenvalue weighted by molar-refractivity contribution is 6.06. The summed E-state index contributed by atoms with van der Waals surface area (Å²) < 4.78 is 0. The lowest BCUT2D eigenvalue weighted by Crippen LogP contribution is -1.84. The molecule has 0 saturated heterocycles. The van der Waals surface area contributed by atoms with E-state index < -0.39 is 0 Å². The van der Waals surface area contributed by atoms with E-state index in [9.17, 15) is 0 Å². The molecule has 0 aliphatic carbocycles. The van der Waals surface area contributed by atoms with Crippen LogP contribution in [-0.4, -0.2) is 4.98 Å². The topological polar surface area (TPSA) is 12.9 Å². The third-order valence-corrected chi connectivity index (χ3v) is 3.63. The minimum atomic E-state index is 1.03. The largest absolute Gasteiger partial charge is 0.256 e. The lowest BCUT2D eigenvalue weighted by Gasteiger charge is -2.06. The Morgan fingerprint density at radius 1 is 0.800 bits per heavy atom. The maximum absolute atomic E-state index is 4.59. The maximum Gasteiger partial charge on any atom is 0.0714 e. The van der Waals surface area contributed by atoms with E-state index >= 15 is 0 Å². The molecule has 0 N–H and O–H groups in total. The number of hydrogen-bond acceptors (Lipinski definition) is 1. The Labute approximate surface area is 117 Å². The molecule has 0 atom stereocenters. The molecule has 0 bridgehead atoms. The van der Waals surface area contributed by atoms with Crippen LogP contribution in [0.4, 0.5) is 0 Å². The van der Waals surface area contributed by atoms with Gasteiger partial charge < -0.3 is 0 Å². The molecule has 4 aromatic rings. The van der Waals surface area contributed by atoms with Crippen LogP contribution >= 0.6 is 0 Å². The van der Waals surface area contributed by atoms with Crippen molar-refractivity contribution in [3.63, 3.8) is 0 Å². The first-order chi connectivity index (χ1) is 9.92. The Balaban J connectivity index is 1.99. The smallest absolute Gasteiger partial charge is 0.0714 e. The van der Waals surface area contributed by atoms with Crippen LogP contribution < -0.4 is 0 Å². The lowest BCUT2D eigenvalue weighted by molar-refractivity contribution is 1.44. The zero-order valence-corrected chi connectivity index (χ0v) is 10.9. The van der Waals surface area contributed by atoms with E-state index in [1.165, 1.54) is 27.3 Å². The second kappa shape index (κ2) is 4.46. The maximum atomic E-state index is 4.59. The molecule has 4 rings (SSSR count). The first-order valence-corrected chi connectivity index (χ1v) is 6.66. The molecule has 20 heavy (non-hydrogen) atoms. The normalized spacial score (nSPS) is 11.0. The zero-order valence-electron chi connectivity index (χ0n) is 10.9. The van der Waals surface area contributed by atoms with Crippen LogP contribution in [0.1, 0.15) is 0 Å². The Kier molecular flexibility index (Phi) is 2.49. The van der Waals surface area contributed by atoms with Crippen molar-refractivity contribution >= 4 is 21.7 Å². The minimum Gasteiger partial charge on any atom is -0.256 e. The van der Waals surface area contributed by atoms with Gasteiger partial charge in [0.2, 0.25) is 0 Å². The van der Waals surface area contributed by atoms with Gasteiger partial charge in [0.15, 0.2) is 0 Å².